The molecule has 1 amide bonds. The van der Waals surface area contributed by atoms with Gasteiger partial charge in [-0.05, 0) is 24.0 Å². The van der Waals surface area contributed by atoms with Crippen molar-refractivity contribution >= 4 is 17.5 Å². The zero-order valence-electron chi connectivity index (χ0n) is 10.2. The highest BCUT2D eigenvalue weighted by Gasteiger charge is 2.31. The first-order valence-corrected chi connectivity index (χ1v) is 6.87. The van der Waals surface area contributed by atoms with Crippen molar-refractivity contribution in [2.45, 2.75) is 37.8 Å². The van der Waals surface area contributed by atoms with Gasteiger partial charge < -0.3 is 10.4 Å². The Hall–Kier alpha value is -1.06. The SMILES string of the molecule is O=C(CCCCCl)N[C@H]1c2ccccc2C[C@H]1O. The third-order valence-electron chi connectivity index (χ3n) is 3.31. The van der Waals surface area contributed by atoms with Gasteiger partial charge in [0.25, 0.3) is 0 Å². The van der Waals surface area contributed by atoms with Crippen LogP contribution in [-0.2, 0) is 11.2 Å². The number of alkyl halides is 1. The summed E-state index contributed by atoms with van der Waals surface area (Å²) in [6.45, 7) is 0. The molecule has 1 aliphatic carbocycles. The van der Waals surface area contributed by atoms with Gasteiger partial charge in [0, 0.05) is 18.7 Å². The number of amides is 1. The molecule has 0 aromatic heterocycles. The first-order chi connectivity index (χ1) is 8.72. The summed E-state index contributed by atoms with van der Waals surface area (Å²) in [5.74, 6) is 0.572. The van der Waals surface area contributed by atoms with Crippen molar-refractivity contribution in [1.82, 2.24) is 5.32 Å². The van der Waals surface area contributed by atoms with E-state index >= 15 is 0 Å². The lowest BCUT2D eigenvalue weighted by Crippen LogP contribution is -2.33. The maximum atomic E-state index is 11.8. The van der Waals surface area contributed by atoms with E-state index in [1.807, 2.05) is 24.3 Å². The fourth-order valence-corrected chi connectivity index (χ4v) is 2.56. The number of benzene rings is 1. The first kappa shape index (κ1) is 13.4. The lowest BCUT2D eigenvalue weighted by Gasteiger charge is -2.17. The van der Waals surface area contributed by atoms with Crippen LogP contribution in [0, 0.1) is 0 Å². The van der Waals surface area contributed by atoms with Crippen LogP contribution in [0.2, 0.25) is 0 Å². The van der Waals surface area contributed by atoms with Crippen LogP contribution in [0.4, 0.5) is 0 Å². The number of hydrogen-bond donors (Lipinski definition) is 2. The van der Waals surface area contributed by atoms with Crippen molar-refractivity contribution in [3.63, 3.8) is 0 Å². The van der Waals surface area contributed by atoms with E-state index in [2.05, 4.69) is 5.32 Å². The largest absolute Gasteiger partial charge is 0.390 e. The molecule has 18 heavy (non-hydrogen) atoms. The van der Waals surface area contributed by atoms with E-state index in [1.165, 1.54) is 0 Å². The van der Waals surface area contributed by atoms with Crippen molar-refractivity contribution in [2.75, 3.05) is 5.88 Å². The summed E-state index contributed by atoms with van der Waals surface area (Å²) in [6.07, 6.45) is 2.21. The van der Waals surface area contributed by atoms with E-state index < -0.39 is 6.10 Å². The number of halogens is 1. The standard InChI is InChI=1S/C14H18ClNO2/c15-8-4-3-7-13(18)16-14-11-6-2-1-5-10(11)9-12(14)17/h1-2,5-6,12,14,17H,3-4,7-9H2,(H,16,18)/t12-,14+/m1/s1. The van der Waals surface area contributed by atoms with Gasteiger partial charge in [-0.25, -0.2) is 0 Å². The number of carbonyl (C=O) groups excluding carboxylic acids is 1. The van der Waals surface area contributed by atoms with E-state index in [1.54, 1.807) is 0 Å². The number of rotatable bonds is 5. The van der Waals surface area contributed by atoms with Gasteiger partial charge in [-0.3, -0.25) is 4.79 Å². The third kappa shape index (κ3) is 3.03. The molecule has 2 rings (SSSR count). The normalized spacial score (nSPS) is 21.7. The van der Waals surface area contributed by atoms with E-state index in [0.29, 0.717) is 18.7 Å². The Morgan fingerprint density at radius 1 is 1.39 bits per heavy atom. The van der Waals surface area contributed by atoms with E-state index in [4.69, 9.17) is 11.6 Å². The topological polar surface area (TPSA) is 49.3 Å². The lowest BCUT2D eigenvalue weighted by molar-refractivity contribution is -0.122. The Bertz CT molecular complexity index is 422. The van der Waals surface area contributed by atoms with Crippen molar-refractivity contribution in [1.29, 1.82) is 0 Å². The van der Waals surface area contributed by atoms with Crippen molar-refractivity contribution in [3.8, 4) is 0 Å². The first-order valence-electron chi connectivity index (χ1n) is 6.33. The molecule has 0 aliphatic heterocycles. The fraction of sp³-hybridized carbons (Fsp3) is 0.500. The predicted octanol–water partition coefficient (Wildman–Crippen LogP) is 2.17. The molecule has 1 aromatic rings. The van der Waals surface area contributed by atoms with Gasteiger partial charge in [0.15, 0.2) is 0 Å². The van der Waals surface area contributed by atoms with E-state index in [-0.39, 0.29) is 11.9 Å². The molecule has 2 atom stereocenters. The van der Waals surface area contributed by atoms with Crippen LogP contribution in [0.3, 0.4) is 0 Å². The molecule has 0 bridgehead atoms. The Kier molecular flexibility index (Phi) is 4.61. The Morgan fingerprint density at radius 3 is 2.94 bits per heavy atom. The molecule has 0 radical (unpaired) electrons. The number of carbonyl (C=O) groups is 1. The third-order valence-corrected chi connectivity index (χ3v) is 3.58. The van der Waals surface area contributed by atoms with Gasteiger partial charge in [-0.2, -0.15) is 0 Å². The van der Waals surface area contributed by atoms with Crippen LogP contribution in [0.5, 0.6) is 0 Å². The van der Waals surface area contributed by atoms with Gasteiger partial charge in [0.2, 0.25) is 5.91 Å². The average Bonchev–Trinajstić information content (AvgIpc) is 2.67. The quantitative estimate of drug-likeness (QED) is 0.635. The minimum absolute atomic E-state index is 0.0131. The zero-order valence-corrected chi connectivity index (χ0v) is 11.0. The van der Waals surface area contributed by atoms with Crippen molar-refractivity contribution in [3.05, 3.63) is 35.4 Å². The van der Waals surface area contributed by atoms with Crippen LogP contribution in [0.25, 0.3) is 0 Å². The summed E-state index contributed by atoms with van der Waals surface area (Å²) >= 11 is 5.57. The van der Waals surface area contributed by atoms with E-state index in [9.17, 15) is 9.90 Å². The van der Waals surface area contributed by atoms with Crippen LogP contribution >= 0.6 is 11.6 Å². The summed E-state index contributed by atoms with van der Waals surface area (Å²) in [7, 11) is 0. The molecule has 1 aromatic carbocycles. The molecule has 98 valence electrons. The van der Waals surface area contributed by atoms with Gasteiger partial charge in [0.1, 0.15) is 0 Å². The monoisotopic (exact) mass is 267 g/mol. The molecule has 0 heterocycles. The molecule has 2 N–H and O–H groups in total. The minimum atomic E-state index is -0.514. The van der Waals surface area contributed by atoms with Gasteiger partial charge in [0.05, 0.1) is 12.1 Å². The molecule has 3 nitrogen and oxygen atoms in total. The summed E-state index contributed by atoms with van der Waals surface area (Å²) in [4.78, 5) is 11.8. The molecular weight excluding hydrogens is 250 g/mol. The maximum absolute atomic E-state index is 11.8. The second-order valence-corrected chi connectivity index (χ2v) is 5.04. The molecule has 0 fully saturated rings. The number of unbranched alkanes of at least 4 members (excludes halogenated alkanes) is 1. The fourth-order valence-electron chi connectivity index (χ4n) is 2.37. The molecule has 0 saturated heterocycles. The van der Waals surface area contributed by atoms with Crippen LogP contribution in [0.15, 0.2) is 24.3 Å². The highest BCUT2D eigenvalue weighted by molar-refractivity contribution is 6.17. The number of aliphatic hydroxyl groups is 1. The molecule has 1 aliphatic rings. The second-order valence-electron chi connectivity index (χ2n) is 4.66. The smallest absolute Gasteiger partial charge is 0.220 e. The highest BCUT2D eigenvalue weighted by atomic mass is 35.5. The summed E-state index contributed by atoms with van der Waals surface area (Å²) in [5.41, 5.74) is 2.16. The summed E-state index contributed by atoms with van der Waals surface area (Å²) < 4.78 is 0. The van der Waals surface area contributed by atoms with Crippen LogP contribution < -0.4 is 5.32 Å². The van der Waals surface area contributed by atoms with Crippen LogP contribution in [0.1, 0.15) is 36.4 Å². The second kappa shape index (κ2) is 6.21. The van der Waals surface area contributed by atoms with Gasteiger partial charge in [-0.15, -0.1) is 11.6 Å². The van der Waals surface area contributed by atoms with Crippen LogP contribution in [-0.4, -0.2) is 23.0 Å². The maximum Gasteiger partial charge on any atom is 0.220 e. The number of fused-ring (bicyclic) bond motifs is 1. The lowest BCUT2D eigenvalue weighted by atomic mass is 10.1. The van der Waals surface area contributed by atoms with Gasteiger partial charge >= 0.3 is 0 Å². The number of nitrogens with one attached hydrogen (secondary N) is 1. The number of aliphatic hydroxyl groups excluding tert-OH is 1. The Balaban J connectivity index is 1.95. The average molecular weight is 268 g/mol. The Morgan fingerprint density at radius 2 is 2.17 bits per heavy atom. The molecule has 0 saturated carbocycles. The van der Waals surface area contributed by atoms with E-state index in [0.717, 1.165) is 24.0 Å². The minimum Gasteiger partial charge on any atom is -0.390 e. The van der Waals surface area contributed by atoms with Crippen molar-refractivity contribution in [2.24, 2.45) is 0 Å². The van der Waals surface area contributed by atoms with Gasteiger partial charge in [-0.1, -0.05) is 24.3 Å². The number of hydrogen-bond acceptors (Lipinski definition) is 2. The Labute approximate surface area is 112 Å². The summed E-state index contributed by atoms with van der Waals surface area (Å²) in [6, 6.07) is 7.59. The summed E-state index contributed by atoms with van der Waals surface area (Å²) in [5, 5.41) is 12.9. The molecule has 0 spiro atoms. The molecule has 0 unspecified atom stereocenters. The van der Waals surface area contributed by atoms with Crippen molar-refractivity contribution < 1.29 is 9.90 Å². The molecule has 4 heteroatoms. The zero-order chi connectivity index (χ0) is 13.0. The predicted molar refractivity (Wildman–Crippen MR) is 71.6 cm³/mol. The molecular formula is C14H18ClNO2. The highest BCUT2D eigenvalue weighted by Crippen LogP contribution is 2.31.